The smallest absolute Gasteiger partial charge is 0.144 e. The van der Waals surface area contributed by atoms with Crippen molar-refractivity contribution < 1.29 is 4.79 Å². The summed E-state index contributed by atoms with van der Waals surface area (Å²) in [5, 5.41) is 0. The number of aldehydes is 1. The van der Waals surface area contributed by atoms with Crippen molar-refractivity contribution in [3.8, 4) is 0 Å². The Kier molecular flexibility index (Phi) is 5.85. The first-order valence-corrected chi connectivity index (χ1v) is 8.83. The molecule has 1 heterocycles. The average molecular weight is 304 g/mol. The van der Waals surface area contributed by atoms with Crippen molar-refractivity contribution in [2.45, 2.75) is 53.4 Å². The van der Waals surface area contributed by atoms with E-state index in [0.29, 0.717) is 0 Å². The zero-order chi connectivity index (χ0) is 16.2. The molecule has 0 atom stereocenters. The summed E-state index contributed by atoms with van der Waals surface area (Å²) in [5.41, 5.74) is 4.26. The molecule has 22 heavy (non-hydrogen) atoms. The molecule has 124 valence electrons. The molecule has 2 rings (SSSR count). The molecule has 1 aliphatic carbocycles. The second-order valence-electron chi connectivity index (χ2n) is 7.41. The van der Waals surface area contributed by atoms with E-state index in [4.69, 9.17) is 0 Å². The SMILES string of the molecule is CCCN1CCN(C(=CC=O)C2=C(C)CCCC2(C)C)CC1. The highest BCUT2D eigenvalue weighted by atomic mass is 16.1. The van der Waals surface area contributed by atoms with E-state index in [-0.39, 0.29) is 5.41 Å². The molecule has 0 unspecified atom stereocenters. The molecule has 0 spiro atoms. The molecule has 0 radical (unpaired) electrons. The van der Waals surface area contributed by atoms with Gasteiger partial charge in [-0.25, -0.2) is 0 Å². The van der Waals surface area contributed by atoms with E-state index in [1.807, 2.05) is 0 Å². The van der Waals surface area contributed by atoms with Gasteiger partial charge in [0, 0.05) is 38.0 Å². The summed E-state index contributed by atoms with van der Waals surface area (Å²) in [6, 6.07) is 0. The van der Waals surface area contributed by atoms with Gasteiger partial charge in [-0.2, -0.15) is 0 Å². The molecular weight excluding hydrogens is 272 g/mol. The molecule has 0 aromatic heterocycles. The summed E-state index contributed by atoms with van der Waals surface area (Å²) in [6.45, 7) is 14.6. The minimum Gasteiger partial charge on any atom is -0.369 e. The summed E-state index contributed by atoms with van der Waals surface area (Å²) in [5.74, 6) is 0. The lowest BCUT2D eigenvalue weighted by Crippen LogP contribution is -2.47. The normalized spacial score (nSPS) is 23.8. The third-order valence-corrected chi connectivity index (χ3v) is 5.19. The van der Waals surface area contributed by atoms with Crippen LogP contribution in [0.4, 0.5) is 0 Å². The summed E-state index contributed by atoms with van der Waals surface area (Å²) in [7, 11) is 0. The van der Waals surface area contributed by atoms with Gasteiger partial charge in [0.1, 0.15) is 6.29 Å². The standard InChI is InChI=1S/C19H32N2O/c1-5-10-20-11-13-21(14-12-20)17(8-15-22)18-16(2)7-6-9-19(18,3)4/h8,15H,5-7,9-14H2,1-4H3. The van der Waals surface area contributed by atoms with E-state index in [1.165, 1.54) is 49.1 Å². The van der Waals surface area contributed by atoms with Gasteiger partial charge in [-0.05, 0) is 50.1 Å². The number of hydrogen-bond donors (Lipinski definition) is 0. The molecule has 2 aliphatic rings. The van der Waals surface area contributed by atoms with Crippen molar-refractivity contribution in [3.63, 3.8) is 0 Å². The van der Waals surface area contributed by atoms with Crippen LogP contribution >= 0.6 is 0 Å². The van der Waals surface area contributed by atoms with Gasteiger partial charge in [-0.3, -0.25) is 9.69 Å². The quantitative estimate of drug-likeness (QED) is 0.572. The monoisotopic (exact) mass is 304 g/mol. The van der Waals surface area contributed by atoms with Gasteiger partial charge >= 0.3 is 0 Å². The van der Waals surface area contributed by atoms with Crippen LogP contribution in [0.3, 0.4) is 0 Å². The number of piperazine rings is 1. The molecule has 3 heteroatoms. The highest BCUT2D eigenvalue weighted by Gasteiger charge is 2.33. The van der Waals surface area contributed by atoms with E-state index in [0.717, 1.165) is 32.5 Å². The number of rotatable bonds is 5. The van der Waals surface area contributed by atoms with Crippen LogP contribution in [0, 0.1) is 5.41 Å². The van der Waals surface area contributed by atoms with E-state index in [2.05, 4.69) is 37.5 Å². The zero-order valence-corrected chi connectivity index (χ0v) is 14.8. The molecule has 0 bridgehead atoms. The van der Waals surface area contributed by atoms with Crippen LogP contribution in [0.15, 0.2) is 22.9 Å². The zero-order valence-electron chi connectivity index (χ0n) is 14.8. The van der Waals surface area contributed by atoms with Crippen LogP contribution in [0.25, 0.3) is 0 Å². The second kappa shape index (κ2) is 7.45. The van der Waals surface area contributed by atoms with Crippen LogP contribution in [-0.2, 0) is 4.79 Å². The molecule has 1 saturated heterocycles. The van der Waals surface area contributed by atoms with Gasteiger partial charge in [0.05, 0.1) is 0 Å². The fourth-order valence-corrected chi connectivity index (χ4v) is 4.13. The molecule has 3 nitrogen and oxygen atoms in total. The second-order valence-corrected chi connectivity index (χ2v) is 7.41. The Bertz CT molecular complexity index is 454. The average Bonchev–Trinajstić information content (AvgIpc) is 2.46. The summed E-state index contributed by atoms with van der Waals surface area (Å²) < 4.78 is 0. The summed E-state index contributed by atoms with van der Waals surface area (Å²) in [6.07, 6.45) is 7.64. The minimum atomic E-state index is 0.178. The lowest BCUT2D eigenvalue weighted by Gasteiger charge is -2.43. The molecule has 0 aromatic rings. The van der Waals surface area contributed by atoms with Crippen molar-refractivity contribution in [1.82, 2.24) is 9.80 Å². The number of carbonyl (C=O) groups is 1. The van der Waals surface area contributed by atoms with Gasteiger partial charge in [-0.1, -0.05) is 26.3 Å². The fraction of sp³-hybridized carbons (Fsp3) is 0.737. The predicted octanol–water partition coefficient (Wildman–Crippen LogP) is 3.62. The molecule has 0 saturated carbocycles. The number of nitrogens with zero attached hydrogens (tertiary/aromatic N) is 2. The Morgan fingerprint density at radius 3 is 2.45 bits per heavy atom. The highest BCUT2D eigenvalue weighted by Crippen LogP contribution is 2.44. The molecule has 0 N–H and O–H groups in total. The van der Waals surface area contributed by atoms with Gasteiger partial charge in [0.2, 0.25) is 0 Å². The minimum absolute atomic E-state index is 0.178. The van der Waals surface area contributed by atoms with Crippen LogP contribution < -0.4 is 0 Å². The molecular formula is C19H32N2O. The van der Waals surface area contributed by atoms with Gasteiger partial charge in [-0.15, -0.1) is 0 Å². The first-order chi connectivity index (χ1) is 10.5. The van der Waals surface area contributed by atoms with Crippen molar-refractivity contribution in [2.24, 2.45) is 5.41 Å². The molecule has 1 fully saturated rings. The maximum atomic E-state index is 11.2. The Hall–Kier alpha value is -1.09. The molecule has 1 aliphatic heterocycles. The largest absolute Gasteiger partial charge is 0.369 e. The lowest BCUT2D eigenvalue weighted by molar-refractivity contribution is -0.104. The number of hydrogen-bond acceptors (Lipinski definition) is 3. The van der Waals surface area contributed by atoms with Crippen LogP contribution in [0.2, 0.25) is 0 Å². The van der Waals surface area contributed by atoms with Crippen molar-refractivity contribution >= 4 is 6.29 Å². The van der Waals surface area contributed by atoms with Gasteiger partial charge in [0.15, 0.2) is 0 Å². The van der Waals surface area contributed by atoms with E-state index < -0.39 is 0 Å². The maximum absolute atomic E-state index is 11.2. The number of allylic oxidation sites excluding steroid dienone is 3. The summed E-state index contributed by atoms with van der Waals surface area (Å²) >= 11 is 0. The van der Waals surface area contributed by atoms with Gasteiger partial charge in [0.25, 0.3) is 0 Å². The molecule has 0 amide bonds. The highest BCUT2D eigenvalue weighted by molar-refractivity contribution is 5.68. The first-order valence-electron chi connectivity index (χ1n) is 8.83. The first kappa shape index (κ1) is 17.3. The van der Waals surface area contributed by atoms with Crippen LogP contribution in [0.1, 0.15) is 53.4 Å². The van der Waals surface area contributed by atoms with E-state index in [1.54, 1.807) is 6.08 Å². The lowest BCUT2D eigenvalue weighted by atomic mass is 9.71. The molecule has 0 aromatic carbocycles. The maximum Gasteiger partial charge on any atom is 0.144 e. The Balaban J connectivity index is 2.21. The van der Waals surface area contributed by atoms with Gasteiger partial charge < -0.3 is 4.90 Å². The van der Waals surface area contributed by atoms with Crippen molar-refractivity contribution in [1.29, 1.82) is 0 Å². The van der Waals surface area contributed by atoms with E-state index >= 15 is 0 Å². The predicted molar refractivity (Wildman–Crippen MR) is 92.8 cm³/mol. The fourth-order valence-electron chi connectivity index (χ4n) is 4.13. The number of carbonyl (C=O) groups excluding carboxylic acids is 1. The Morgan fingerprint density at radius 1 is 1.23 bits per heavy atom. The third-order valence-electron chi connectivity index (χ3n) is 5.19. The topological polar surface area (TPSA) is 23.6 Å². The Labute approximate surface area is 136 Å². The van der Waals surface area contributed by atoms with Crippen molar-refractivity contribution in [2.75, 3.05) is 32.7 Å². The van der Waals surface area contributed by atoms with Crippen LogP contribution in [-0.4, -0.2) is 48.8 Å². The van der Waals surface area contributed by atoms with E-state index in [9.17, 15) is 4.79 Å². The summed E-state index contributed by atoms with van der Waals surface area (Å²) in [4.78, 5) is 16.2. The Morgan fingerprint density at radius 2 is 1.91 bits per heavy atom. The third kappa shape index (κ3) is 3.81. The van der Waals surface area contributed by atoms with Crippen LogP contribution in [0.5, 0.6) is 0 Å². The van der Waals surface area contributed by atoms with Crippen molar-refractivity contribution in [3.05, 3.63) is 22.9 Å².